The number of furan rings is 1. The lowest BCUT2D eigenvalue weighted by Crippen LogP contribution is -2.55. The van der Waals surface area contributed by atoms with Gasteiger partial charge in [-0.05, 0) is 157 Å². The number of aryl methyl sites for hydroxylation is 3. The lowest BCUT2D eigenvalue weighted by molar-refractivity contribution is -0.0232. The molecule has 2 nitrogen and oxygen atoms in total. The van der Waals surface area contributed by atoms with Gasteiger partial charge >= 0.3 is 0 Å². The lowest BCUT2D eigenvalue weighted by atomic mass is 9.42. The molecule has 0 radical (unpaired) electrons. The van der Waals surface area contributed by atoms with E-state index in [1.54, 1.807) is 0 Å². The highest BCUT2D eigenvalue weighted by Gasteiger charge is 2.59. The molecule has 8 rings (SSSR count). The normalized spacial score (nSPS) is 21.1. The number of rotatable bonds is 9. The average molecular weight is 670 g/mol. The molecule has 258 valence electrons. The van der Waals surface area contributed by atoms with Crippen LogP contribution >= 0.6 is 0 Å². The molecule has 2 aliphatic carbocycles. The summed E-state index contributed by atoms with van der Waals surface area (Å²) in [6.07, 6.45) is 18.0. The number of nitrogens with zero attached hydrogens (tertiary/aromatic N) is 1. The molecule has 3 aliphatic rings. The van der Waals surface area contributed by atoms with Crippen molar-refractivity contribution in [3.05, 3.63) is 142 Å². The molecule has 51 heavy (non-hydrogen) atoms. The largest absolute Gasteiger partial charge is 0.456 e. The Labute approximate surface area is 304 Å². The van der Waals surface area contributed by atoms with E-state index in [0.717, 1.165) is 36.8 Å². The van der Waals surface area contributed by atoms with Gasteiger partial charge in [0.05, 0.1) is 11.4 Å². The van der Waals surface area contributed by atoms with E-state index in [4.69, 9.17) is 4.42 Å². The van der Waals surface area contributed by atoms with E-state index in [-0.39, 0.29) is 10.8 Å². The summed E-state index contributed by atoms with van der Waals surface area (Å²) in [7, 11) is 0. The number of allylic oxidation sites excluding steroid dienone is 5. The predicted octanol–water partition coefficient (Wildman–Crippen LogP) is 13.8. The first-order chi connectivity index (χ1) is 24.8. The summed E-state index contributed by atoms with van der Waals surface area (Å²) in [5.41, 5.74) is 21.9. The van der Waals surface area contributed by atoms with Crippen molar-refractivity contribution in [2.24, 2.45) is 5.41 Å². The van der Waals surface area contributed by atoms with Gasteiger partial charge in [-0.25, -0.2) is 0 Å². The summed E-state index contributed by atoms with van der Waals surface area (Å²) in [5.74, 6) is 0. The average Bonchev–Trinajstić information content (AvgIpc) is 3.51. The fraction of sp³-hybridized carbons (Fsp3) is 0.327. The fourth-order valence-corrected chi connectivity index (χ4v) is 10.2. The Balaban J connectivity index is 1.38. The molecule has 1 saturated carbocycles. The summed E-state index contributed by atoms with van der Waals surface area (Å²) < 4.78 is 6.42. The van der Waals surface area contributed by atoms with E-state index in [1.165, 1.54) is 103 Å². The number of anilines is 1. The molecule has 2 unspecified atom stereocenters. The van der Waals surface area contributed by atoms with E-state index in [9.17, 15) is 0 Å². The van der Waals surface area contributed by atoms with E-state index < -0.39 is 0 Å². The van der Waals surface area contributed by atoms with Crippen LogP contribution in [0.1, 0.15) is 107 Å². The molecule has 1 fully saturated rings. The van der Waals surface area contributed by atoms with Crippen LogP contribution in [-0.4, -0.2) is 0 Å². The van der Waals surface area contributed by atoms with Crippen molar-refractivity contribution >= 4 is 38.9 Å². The molecular formula is C49H51NO. The minimum Gasteiger partial charge on any atom is -0.456 e. The third-order valence-electron chi connectivity index (χ3n) is 12.8. The second-order valence-corrected chi connectivity index (χ2v) is 15.1. The minimum absolute atomic E-state index is 0.139. The Morgan fingerprint density at radius 3 is 2.35 bits per heavy atom. The third-order valence-corrected chi connectivity index (χ3v) is 12.8. The molecule has 0 N–H and O–H groups in total. The monoisotopic (exact) mass is 669 g/mol. The first kappa shape index (κ1) is 33.4. The molecule has 4 aromatic carbocycles. The summed E-state index contributed by atoms with van der Waals surface area (Å²) in [5, 5.41) is 2.36. The minimum atomic E-state index is 0.139. The first-order valence-electron chi connectivity index (χ1n) is 19.3. The van der Waals surface area contributed by atoms with Crippen molar-refractivity contribution in [1.29, 1.82) is 0 Å². The van der Waals surface area contributed by atoms with Gasteiger partial charge in [0, 0.05) is 28.0 Å². The first-order valence-corrected chi connectivity index (χ1v) is 19.3. The highest BCUT2D eigenvalue weighted by Crippen LogP contribution is 2.67. The Morgan fingerprint density at radius 2 is 1.69 bits per heavy atom. The van der Waals surface area contributed by atoms with Gasteiger partial charge in [-0.1, -0.05) is 88.9 Å². The number of hydrogen-bond acceptors (Lipinski definition) is 2. The van der Waals surface area contributed by atoms with Gasteiger partial charge < -0.3 is 9.32 Å². The Kier molecular flexibility index (Phi) is 8.35. The molecule has 2 heterocycles. The Hall–Kier alpha value is -4.78. The third kappa shape index (κ3) is 4.98. The summed E-state index contributed by atoms with van der Waals surface area (Å²) in [6.45, 7) is 17.9. The number of para-hydroxylation sites is 1. The van der Waals surface area contributed by atoms with E-state index in [2.05, 4.69) is 144 Å². The maximum absolute atomic E-state index is 6.42. The second kappa shape index (κ2) is 12.8. The number of hydrogen-bond donors (Lipinski definition) is 0. The molecule has 5 aromatic rings. The van der Waals surface area contributed by atoms with Crippen molar-refractivity contribution in [3.63, 3.8) is 0 Å². The van der Waals surface area contributed by atoms with Crippen molar-refractivity contribution in [2.45, 2.75) is 98.3 Å². The molecule has 2 heteroatoms. The van der Waals surface area contributed by atoms with Crippen molar-refractivity contribution in [2.75, 3.05) is 4.90 Å². The van der Waals surface area contributed by atoms with Crippen molar-refractivity contribution < 1.29 is 4.42 Å². The van der Waals surface area contributed by atoms with Gasteiger partial charge in [0.25, 0.3) is 0 Å². The van der Waals surface area contributed by atoms with E-state index in [0.29, 0.717) is 0 Å². The van der Waals surface area contributed by atoms with Gasteiger partial charge in [-0.2, -0.15) is 0 Å². The molecule has 0 saturated heterocycles. The van der Waals surface area contributed by atoms with Crippen LogP contribution in [0.2, 0.25) is 0 Å². The van der Waals surface area contributed by atoms with Crippen LogP contribution in [0.4, 0.5) is 5.69 Å². The standard InChI is InChI=1S/C49H51NO/c1-8-21-48-22-23-49(48,13-6)43-19-18-37(40-30-46-41(25-32(40)7)39-16-14-15-17-45(39)51-46)29-42(43)44-26-33(31-48)20-24-50(44)47-35(11-4)27-38(28-36(47)12-5)34(9-2)10-3/h9-10,14-20,24-25,27-30H,2,8,11-13,21-23,31H2,1,3-7H3/b34-10+. The maximum Gasteiger partial charge on any atom is 0.136 e. The van der Waals surface area contributed by atoms with Gasteiger partial charge in [-0.15, -0.1) is 0 Å². The molecule has 0 amide bonds. The quantitative estimate of drug-likeness (QED) is 0.115. The van der Waals surface area contributed by atoms with Gasteiger partial charge in [0.1, 0.15) is 11.2 Å². The molecule has 2 atom stereocenters. The summed E-state index contributed by atoms with van der Waals surface area (Å²) in [4.78, 5) is 2.49. The topological polar surface area (TPSA) is 16.4 Å². The van der Waals surface area contributed by atoms with Crippen molar-refractivity contribution in [1.82, 2.24) is 0 Å². The van der Waals surface area contributed by atoms with Gasteiger partial charge in [0.15, 0.2) is 0 Å². The SMILES string of the molecule is C=C/C(=C\C)c1cc(CC)c(N2C=CC3=C=C2c2cc(-c4cc5oc6ccccc6c5cc4C)ccc2C2(CC)CCC2(CCC)C3)c(CC)c1. The highest BCUT2D eigenvalue weighted by molar-refractivity contribution is 6.06. The Bertz CT molecular complexity index is 2320. The van der Waals surface area contributed by atoms with Crippen LogP contribution in [0.25, 0.3) is 44.3 Å². The summed E-state index contributed by atoms with van der Waals surface area (Å²) >= 11 is 0. The van der Waals surface area contributed by atoms with Crippen LogP contribution in [0, 0.1) is 12.3 Å². The van der Waals surface area contributed by atoms with Gasteiger partial charge in [-0.3, -0.25) is 0 Å². The van der Waals surface area contributed by atoms with E-state index in [1.807, 2.05) is 6.08 Å². The predicted molar refractivity (Wildman–Crippen MR) is 218 cm³/mol. The number of fused-ring (bicyclic) bond motifs is 7. The van der Waals surface area contributed by atoms with Gasteiger partial charge in [0.2, 0.25) is 0 Å². The zero-order valence-electron chi connectivity index (χ0n) is 31.4. The molecule has 1 aromatic heterocycles. The molecule has 2 bridgehead atoms. The Morgan fingerprint density at radius 1 is 0.902 bits per heavy atom. The van der Waals surface area contributed by atoms with Crippen LogP contribution in [0.5, 0.6) is 0 Å². The zero-order valence-corrected chi connectivity index (χ0v) is 31.4. The fourth-order valence-electron chi connectivity index (χ4n) is 10.2. The van der Waals surface area contributed by atoms with Crippen LogP contribution in [-0.2, 0) is 18.3 Å². The molecular weight excluding hydrogens is 619 g/mol. The smallest absolute Gasteiger partial charge is 0.136 e. The van der Waals surface area contributed by atoms with E-state index >= 15 is 0 Å². The maximum atomic E-state index is 6.42. The lowest BCUT2D eigenvalue weighted by Gasteiger charge is -2.62. The molecule has 0 spiro atoms. The van der Waals surface area contributed by atoms with Crippen LogP contribution in [0.3, 0.4) is 0 Å². The van der Waals surface area contributed by atoms with Crippen molar-refractivity contribution in [3.8, 4) is 11.1 Å². The summed E-state index contributed by atoms with van der Waals surface area (Å²) in [6, 6.07) is 25.1. The van der Waals surface area contributed by atoms with Crippen LogP contribution in [0.15, 0.2) is 113 Å². The molecule has 1 aliphatic heterocycles. The highest BCUT2D eigenvalue weighted by atomic mass is 16.3. The number of benzene rings is 4. The van der Waals surface area contributed by atoms with Crippen LogP contribution < -0.4 is 4.90 Å². The second-order valence-electron chi connectivity index (χ2n) is 15.1. The zero-order chi connectivity index (χ0) is 35.5.